The molecule has 78 heavy (non-hydrogen) atoms. The maximum Gasteiger partial charge on any atom is 0.306 e. The maximum atomic E-state index is 13.4. The Labute approximate surface area is 475 Å². The van der Waals surface area contributed by atoms with E-state index in [1.807, 2.05) is 30.4 Å². The van der Waals surface area contributed by atoms with Crippen LogP contribution in [0.4, 0.5) is 0 Å². The lowest BCUT2D eigenvalue weighted by atomic mass is 9.99. The predicted octanol–water partition coefficient (Wildman–Crippen LogP) is 15.1. The third-order valence-electron chi connectivity index (χ3n) is 14.3. The first-order valence-corrected chi connectivity index (χ1v) is 31.5. The summed E-state index contributed by atoms with van der Waals surface area (Å²) in [5.74, 6) is -1.23. The van der Waals surface area contributed by atoms with Crippen LogP contribution in [-0.4, -0.2) is 99.6 Å². The molecule has 0 aromatic heterocycles. The molecule has 0 saturated carbocycles. The van der Waals surface area contributed by atoms with Crippen molar-refractivity contribution in [1.29, 1.82) is 0 Å². The number of hydrogen-bond donors (Lipinski definition) is 6. The van der Waals surface area contributed by atoms with Crippen molar-refractivity contribution in [3.05, 3.63) is 97.2 Å². The fourth-order valence-corrected chi connectivity index (χ4v) is 9.28. The van der Waals surface area contributed by atoms with Crippen LogP contribution in [0.25, 0.3) is 0 Å². The number of aliphatic hydroxyl groups is 5. The molecule has 0 aliphatic carbocycles. The first-order chi connectivity index (χ1) is 38.2. The lowest BCUT2D eigenvalue weighted by Crippen LogP contribution is -2.61. The van der Waals surface area contributed by atoms with Crippen molar-refractivity contribution in [1.82, 2.24) is 5.32 Å². The van der Waals surface area contributed by atoms with E-state index >= 15 is 0 Å². The number of allylic oxidation sites excluding steroid dienone is 15. The summed E-state index contributed by atoms with van der Waals surface area (Å²) in [5, 5.41) is 56.9. The summed E-state index contributed by atoms with van der Waals surface area (Å²) in [6.07, 6.45) is 61.7. The van der Waals surface area contributed by atoms with Crippen molar-refractivity contribution in [3.8, 4) is 0 Å². The monoisotopic (exact) mass is 1090 g/mol. The molecule has 1 aliphatic heterocycles. The summed E-state index contributed by atoms with van der Waals surface area (Å²) in [5.41, 5.74) is 0. The minimum absolute atomic E-state index is 0.109. The quantitative estimate of drug-likeness (QED) is 0.0149. The number of carbonyl (C=O) groups excluding carboxylic acids is 2. The molecule has 0 bridgehead atoms. The van der Waals surface area contributed by atoms with E-state index in [0.29, 0.717) is 12.8 Å². The van der Waals surface area contributed by atoms with Crippen LogP contribution in [-0.2, 0) is 23.8 Å². The highest BCUT2D eigenvalue weighted by atomic mass is 16.7. The number of unbranched alkanes of at least 4 members (excludes halogenated alkanes) is 26. The van der Waals surface area contributed by atoms with E-state index in [1.54, 1.807) is 6.08 Å². The highest BCUT2D eigenvalue weighted by molar-refractivity contribution is 5.80. The lowest BCUT2D eigenvalue weighted by Gasteiger charge is -2.41. The molecular weight excluding hydrogens is 979 g/mol. The second-order valence-corrected chi connectivity index (χ2v) is 21.5. The molecule has 448 valence electrons. The first kappa shape index (κ1) is 72.6. The molecule has 1 saturated heterocycles. The van der Waals surface area contributed by atoms with Crippen molar-refractivity contribution in [2.45, 2.75) is 301 Å². The summed E-state index contributed by atoms with van der Waals surface area (Å²) >= 11 is 0. The summed E-state index contributed by atoms with van der Waals surface area (Å²) in [4.78, 5) is 26.5. The molecule has 0 spiro atoms. The van der Waals surface area contributed by atoms with Gasteiger partial charge in [-0.25, -0.2) is 0 Å². The minimum atomic E-state index is -1.63. The van der Waals surface area contributed by atoms with Crippen molar-refractivity contribution < 1.29 is 49.3 Å². The average Bonchev–Trinajstić information content (AvgIpc) is 3.45. The Kier molecular flexibility index (Phi) is 50.4. The molecule has 1 aliphatic rings. The van der Waals surface area contributed by atoms with Gasteiger partial charge in [0.25, 0.3) is 0 Å². The van der Waals surface area contributed by atoms with Crippen LogP contribution in [0, 0.1) is 0 Å². The third-order valence-corrected chi connectivity index (χ3v) is 14.3. The molecule has 0 aromatic rings. The molecular formula is C67H115NO10. The molecule has 1 rings (SSSR count). The molecule has 0 radical (unpaired) electrons. The van der Waals surface area contributed by atoms with Crippen LogP contribution in [0.15, 0.2) is 97.2 Å². The molecule has 6 N–H and O–H groups in total. The van der Waals surface area contributed by atoms with Crippen LogP contribution in [0.5, 0.6) is 0 Å². The summed E-state index contributed by atoms with van der Waals surface area (Å²) < 4.78 is 17.6. The fourth-order valence-electron chi connectivity index (χ4n) is 9.28. The standard InChI is InChI=1S/C67H115NO10/c1-4-7-10-13-16-19-22-25-26-27-28-29-30-31-32-33-34-35-36-37-40-43-46-49-52-55-62(72)78-65-64(74)63(73)61(56-69)77-67(65)76-57-58(59(70)53-50-47-44-41-38-23-20-17-14-11-8-5-2)68-66(75)60(71)54-51-48-45-42-39-24-21-18-15-12-9-6-3/h9,12,15-16,18-19,21,24-26,28-29,31-32,50,53,58-61,63-65,67,69-71,73-74H,4-8,10-11,13-14,17,20,22-23,27,30,33-49,51-52,54-57H2,1-3H3,(H,68,75)/b12-9+,18-15+,19-16-,24-21-,26-25-,29-28-,32-31-,53-50+. The van der Waals surface area contributed by atoms with E-state index in [9.17, 15) is 35.1 Å². The normalized spacial score (nSPS) is 19.6. The number of hydrogen-bond acceptors (Lipinski definition) is 10. The summed E-state index contributed by atoms with van der Waals surface area (Å²) in [6.45, 7) is 5.60. The molecule has 8 unspecified atom stereocenters. The van der Waals surface area contributed by atoms with Crippen LogP contribution in [0.2, 0.25) is 0 Å². The van der Waals surface area contributed by atoms with Gasteiger partial charge >= 0.3 is 5.97 Å². The van der Waals surface area contributed by atoms with Crippen molar-refractivity contribution in [2.75, 3.05) is 13.2 Å². The van der Waals surface area contributed by atoms with Gasteiger partial charge < -0.3 is 45.1 Å². The van der Waals surface area contributed by atoms with Gasteiger partial charge in [-0.05, 0) is 89.9 Å². The SMILES string of the molecule is CC/C=C/C=C/C=C\CCCCCCC(O)C(=O)NC(COC1OC(CO)C(O)C(O)C1OC(=O)CCCCCCCCCCC/C=C\C/C=C\C/C=C\C/C=C\CCCCC)C(O)/C=C/CCCCCCCCCCCC. The second-order valence-electron chi connectivity index (χ2n) is 21.5. The number of esters is 1. The summed E-state index contributed by atoms with van der Waals surface area (Å²) in [6, 6.07) is -1.04. The number of rotatable bonds is 52. The molecule has 11 heteroatoms. The Bertz CT molecular complexity index is 1630. The maximum absolute atomic E-state index is 13.4. The van der Waals surface area contributed by atoms with E-state index in [0.717, 1.165) is 109 Å². The van der Waals surface area contributed by atoms with Gasteiger partial charge in [0.05, 0.1) is 25.4 Å². The zero-order valence-electron chi connectivity index (χ0n) is 49.5. The van der Waals surface area contributed by atoms with Crippen LogP contribution in [0.1, 0.15) is 252 Å². The van der Waals surface area contributed by atoms with Crippen LogP contribution >= 0.6 is 0 Å². The average molecular weight is 1090 g/mol. The Morgan fingerprint density at radius 3 is 1.51 bits per heavy atom. The first-order valence-electron chi connectivity index (χ1n) is 31.5. The van der Waals surface area contributed by atoms with Gasteiger partial charge in [0.2, 0.25) is 5.91 Å². The van der Waals surface area contributed by atoms with E-state index in [1.165, 1.54) is 96.3 Å². The van der Waals surface area contributed by atoms with Crippen LogP contribution < -0.4 is 5.32 Å². The number of amides is 1. The van der Waals surface area contributed by atoms with E-state index in [4.69, 9.17) is 14.2 Å². The fraction of sp³-hybridized carbons (Fsp3) is 0.731. The van der Waals surface area contributed by atoms with Crippen molar-refractivity contribution >= 4 is 11.9 Å². The number of carbonyl (C=O) groups is 2. The molecule has 11 nitrogen and oxygen atoms in total. The van der Waals surface area contributed by atoms with Gasteiger partial charge in [0.15, 0.2) is 12.4 Å². The minimum Gasteiger partial charge on any atom is -0.454 e. The van der Waals surface area contributed by atoms with Gasteiger partial charge in [-0.1, -0.05) is 253 Å². The van der Waals surface area contributed by atoms with Gasteiger partial charge in [-0.15, -0.1) is 0 Å². The molecule has 1 amide bonds. The largest absolute Gasteiger partial charge is 0.454 e. The van der Waals surface area contributed by atoms with Gasteiger partial charge in [-0.2, -0.15) is 0 Å². The Balaban J connectivity index is 2.62. The van der Waals surface area contributed by atoms with Gasteiger partial charge in [0, 0.05) is 6.42 Å². The topological polar surface area (TPSA) is 175 Å². The summed E-state index contributed by atoms with van der Waals surface area (Å²) in [7, 11) is 0. The number of ether oxygens (including phenoxy) is 3. The van der Waals surface area contributed by atoms with Crippen molar-refractivity contribution in [2.24, 2.45) is 0 Å². The van der Waals surface area contributed by atoms with E-state index < -0.39 is 67.4 Å². The van der Waals surface area contributed by atoms with Crippen LogP contribution in [0.3, 0.4) is 0 Å². The van der Waals surface area contributed by atoms with E-state index in [-0.39, 0.29) is 19.4 Å². The Hall–Kier alpha value is -3.42. The Morgan fingerprint density at radius 2 is 0.974 bits per heavy atom. The third kappa shape index (κ3) is 41.6. The zero-order valence-corrected chi connectivity index (χ0v) is 49.5. The highest BCUT2D eigenvalue weighted by Gasteiger charge is 2.47. The zero-order chi connectivity index (χ0) is 56.8. The highest BCUT2D eigenvalue weighted by Crippen LogP contribution is 2.26. The molecule has 0 aromatic carbocycles. The Morgan fingerprint density at radius 1 is 0.526 bits per heavy atom. The smallest absolute Gasteiger partial charge is 0.306 e. The van der Waals surface area contributed by atoms with E-state index in [2.05, 4.69) is 86.8 Å². The molecule has 1 fully saturated rings. The molecule has 8 atom stereocenters. The molecule has 1 heterocycles. The van der Waals surface area contributed by atoms with Gasteiger partial charge in [0.1, 0.15) is 24.4 Å². The van der Waals surface area contributed by atoms with Gasteiger partial charge in [-0.3, -0.25) is 9.59 Å². The lowest BCUT2D eigenvalue weighted by molar-refractivity contribution is -0.305. The predicted molar refractivity (Wildman–Crippen MR) is 324 cm³/mol. The second kappa shape index (κ2) is 54.2. The number of nitrogens with one attached hydrogen (secondary N) is 1. The van der Waals surface area contributed by atoms with Crippen molar-refractivity contribution in [3.63, 3.8) is 0 Å². The number of aliphatic hydroxyl groups excluding tert-OH is 5.